The van der Waals surface area contributed by atoms with E-state index in [1.165, 1.54) is 12.1 Å². The van der Waals surface area contributed by atoms with Crippen LogP contribution >= 0.6 is 0 Å². The monoisotopic (exact) mass is 480 g/mol. The number of hydrogen-bond donors (Lipinski definition) is 1. The van der Waals surface area contributed by atoms with Crippen molar-refractivity contribution in [2.45, 2.75) is 24.8 Å². The average Bonchev–Trinajstić information content (AvgIpc) is 2.85. The van der Waals surface area contributed by atoms with Gasteiger partial charge in [-0.3, -0.25) is 9.52 Å². The summed E-state index contributed by atoms with van der Waals surface area (Å²) in [6.45, 7) is 5.49. The molecule has 0 saturated carbocycles. The van der Waals surface area contributed by atoms with Crippen molar-refractivity contribution in [2.75, 3.05) is 31.0 Å². The van der Waals surface area contributed by atoms with Gasteiger partial charge in [-0.25, -0.2) is 8.42 Å². The Bertz CT molecular complexity index is 1240. The van der Waals surface area contributed by atoms with Crippen LogP contribution in [0.25, 0.3) is 0 Å². The number of morpholine rings is 1. The third kappa shape index (κ3) is 5.40. The number of rotatable bonds is 7. The number of benzene rings is 3. The van der Waals surface area contributed by atoms with Crippen LogP contribution in [-0.2, 0) is 14.8 Å². The van der Waals surface area contributed by atoms with Crippen LogP contribution in [0.3, 0.4) is 0 Å². The molecule has 3 aromatic rings. The van der Waals surface area contributed by atoms with Gasteiger partial charge in [0, 0.05) is 17.8 Å². The molecule has 0 aromatic heterocycles. The number of nitrogens with zero attached hydrogens (tertiary/aromatic N) is 1. The number of carbonyl (C=O) groups excluding carboxylic acids is 1. The second-order valence-corrected chi connectivity index (χ2v) is 9.74. The largest absolute Gasteiger partial charge is 0.494 e. The molecule has 0 spiro atoms. The zero-order chi connectivity index (χ0) is 24.1. The first-order chi connectivity index (χ1) is 16.4. The number of ether oxygens (including phenoxy) is 2. The normalized spacial score (nSPS) is 16.2. The lowest BCUT2D eigenvalue weighted by Crippen LogP contribution is -2.42. The Morgan fingerprint density at radius 3 is 2.53 bits per heavy atom. The summed E-state index contributed by atoms with van der Waals surface area (Å²) in [5, 5.41) is 0. The Labute approximate surface area is 200 Å². The second-order valence-electron chi connectivity index (χ2n) is 8.06. The second kappa shape index (κ2) is 10.3. The van der Waals surface area contributed by atoms with Gasteiger partial charge in [0.05, 0.1) is 24.7 Å². The van der Waals surface area contributed by atoms with Crippen molar-refractivity contribution >= 4 is 21.6 Å². The van der Waals surface area contributed by atoms with Crippen molar-refractivity contribution < 1.29 is 22.7 Å². The molecule has 1 N–H and O–H groups in total. The van der Waals surface area contributed by atoms with Crippen LogP contribution in [0.15, 0.2) is 77.7 Å². The molecule has 7 nitrogen and oxygen atoms in total. The molecule has 1 saturated heterocycles. The van der Waals surface area contributed by atoms with Gasteiger partial charge in [0.25, 0.3) is 15.9 Å². The lowest BCUT2D eigenvalue weighted by atomic mass is 10.0. The molecule has 34 heavy (non-hydrogen) atoms. The molecular formula is C26H28N2O5S. The Morgan fingerprint density at radius 1 is 1.09 bits per heavy atom. The SMILES string of the molecule is CCOc1ccc(NS(=O)(=O)c2ccc(C)c(C(=O)N3CCO[C@@H](c4ccccc4)C3)c2)cc1. The summed E-state index contributed by atoms with van der Waals surface area (Å²) in [7, 11) is -3.88. The zero-order valence-electron chi connectivity index (χ0n) is 19.2. The molecule has 1 amide bonds. The molecule has 1 aliphatic rings. The van der Waals surface area contributed by atoms with Gasteiger partial charge in [0.1, 0.15) is 11.9 Å². The standard InChI is InChI=1S/C26H28N2O5S/c1-3-32-22-12-10-21(11-13-22)27-34(30,31)23-14-9-19(2)24(17-23)26(29)28-15-16-33-25(18-28)20-7-5-4-6-8-20/h4-14,17,25,27H,3,15-16,18H2,1-2H3/t25-/m1/s1. The average molecular weight is 481 g/mol. The van der Waals surface area contributed by atoms with Gasteiger partial charge in [-0.1, -0.05) is 36.4 Å². The van der Waals surface area contributed by atoms with Crippen LogP contribution in [0.5, 0.6) is 5.75 Å². The molecular weight excluding hydrogens is 452 g/mol. The summed E-state index contributed by atoms with van der Waals surface area (Å²) in [5.74, 6) is 0.452. The van der Waals surface area contributed by atoms with E-state index in [2.05, 4.69) is 4.72 Å². The van der Waals surface area contributed by atoms with Crippen LogP contribution in [0.1, 0.15) is 34.5 Å². The highest BCUT2D eigenvalue weighted by atomic mass is 32.2. The van der Waals surface area contributed by atoms with E-state index in [-0.39, 0.29) is 16.9 Å². The van der Waals surface area contributed by atoms with Crippen molar-refractivity contribution in [3.05, 3.63) is 89.5 Å². The van der Waals surface area contributed by atoms with Crippen molar-refractivity contribution in [2.24, 2.45) is 0 Å². The molecule has 0 bridgehead atoms. The van der Waals surface area contributed by atoms with Gasteiger partial charge in [0.15, 0.2) is 0 Å². The fourth-order valence-corrected chi connectivity index (χ4v) is 4.96. The molecule has 1 fully saturated rings. The summed E-state index contributed by atoms with van der Waals surface area (Å²) in [5.41, 5.74) is 2.50. The summed E-state index contributed by atoms with van der Waals surface area (Å²) >= 11 is 0. The first-order valence-electron chi connectivity index (χ1n) is 11.2. The van der Waals surface area contributed by atoms with Crippen LogP contribution < -0.4 is 9.46 Å². The molecule has 1 heterocycles. The van der Waals surface area contributed by atoms with Gasteiger partial charge in [0.2, 0.25) is 0 Å². The third-order valence-electron chi connectivity index (χ3n) is 5.69. The predicted octanol–water partition coefficient (Wildman–Crippen LogP) is 4.41. The summed E-state index contributed by atoms with van der Waals surface area (Å²) in [6.07, 6.45) is -0.215. The lowest BCUT2D eigenvalue weighted by molar-refractivity contribution is -0.0228. The first kappa shape index (κ1) is 23.8. The molecule has 178 valence electrons. The van der Waals surface area contributed by atoms with E-state index in [0.29, 0.717) is 48.9 Å². The number of hydrogen-bond acceptors (Lipinski definition) is 5. The number of sulfonamides is 1. The van der Waals surface area contributed by atoms with Gasteiger partial charge < -0.3 is 14.4 Å². The van der Waals surface area contributed by atoms with Gasteiger partial charge >= 0.3 is 0 Å². The molecule has 4 rings (SSSR count). The van der Waals surface area contributed by atoms with E-state index in [1.807, 2.05) is 37.3 Å². The summed E-state index contributed by atoms with van der Waals surface area (Å²) in [4.78, 5) is 15.1. The Balaban J connectivity index is 1.53. The zero-order valence-corrected chi connectivity index (χ0v) is 20.0. The van der Waals surface area contributed by atoms with Gasteiger partial charge in [-0.05, 0) is 61.4 Å². The van der Waals surface area contributed by atoms with E-state index in [1.54, 1.807) is 42.2 Å². The first-order valence-corrected chi connectivity index (χ1v) is 12.7. The maximum atomic E-state index is 13.4. The highest BCUT2D eigenvalue weighted by Gasteiger charge is 2.28. The topological polar surface area (TPSA) is 84.9 Å². The Morgan fingerprint density at radius 2 is 1.82 bits per heavy atom. The number of amides is 1. The van der Waals surface area contributed by atoms with Crippen molar-refractivity contribution in [1.82, 2.24) is 4.90 Å². The number of aryl methyl sites for hydroxylation is 1. The van der Waals surface area contributed by atoms with Crippen molar-refractivity contribution in [1.29, 1.82) is 0 Å². The van der Waals surface area contributed by atoms with Crippen molar-refractivity contribution in [3.63, 3.8) is 0 Å². The quantitative estimate of drug-likeness (QED) is 0.542. The molecule has 0 radical (unpaired) electrons. The minimum absolute atomic E-state index is 0.0307. The smallest absolute Gasteiger partial charge is 0.261 e. The summed E-state index contributed by atoms with van der Waals surface area (Å²) in [6, 6.07) is 21.1. The number of carbonyl (C=O) groups is 1. The van der Waals surface area contributed by atoms with E-state index < -0.39 is 10.0 Å². The predicted molar refractivity (Wildman–Crippen MR) is 131 cm³/mol. The Kier molecular flexibility index (Phi) is 7.19. The maximum absolute atomic E-state index is 13.4. The van der Waals surface area contributed by atoms with E-state index in [0.717, 1.165) is 5.56 Å². The number of anilines is 1. The fraction of sp³-hybridized carbons (Fsp3) is 0.269. The highest BCUT2D eigenvalue weighted by molar-refractivity contribution is 7.92. The highest BCUT2D eigenvalue weighted by Crippen LogP contribution is 2.26. The fourth-order valence-electron chi connectivity index (χ4n) is 3.87. The van der Waals surface area contributed by atoms with Crippen LogP contribution in [-0.4, -0.2) is 45.5 Å². The van der Waals surface area contributed by atoms with E-state index in [9.17, 15) is 13.2 Å². The molecule has 0 aliphatic carbocycles. The maximum Gasteiger partial charge on any atom is 0.261 e. The van der Waals surface area contributed by atoms with Crippen molar-refractivity contribution in [3.8, 4) is 5.75 Å². The molecule has 1 atom stereocenters. The molecule has 8 heteroatoms. The van der Waals surface area contributed by atoms with Crippen LogP contribution in [0.4, 0.5) is 5.69 Å². The third-order valence-corrected chi connectivity index (χ3v) is 7.07. The minimum atomic E-state index is -3.88. The molecule has 1 aliphatic heterocycles. The molecule has 0 unspecified atom stereocenters. The van der Waals surface area contributed by atoms with Gasteiger partial charge in [-0.15, -0.1) is 0 Å². The van der Waals surface area contributed by atoms with E-state index in [4.69, 9.17) is 9.47 Å². The summed E-state index contributed by atoms with van der Waals surface area (Å²) < 4.78 is 39.9. The van der Waals surface area contributed by atoms with Crippen LogP contribution in [0.2, 0.25) is 0 Å². The minimum Gasteiger partial charge on any atom is -0.494 e. The van der Waals surface area contributed by atoms with Crippen LogP contribution in [0, 0.1) is 6.92 Å². The number of nitrogens with one attached hydrogen (secondary N) is 1. The Hall–Kier alpha value is -3.36. The molecule has 3 aromatic carbocycles. The lowest BCUT2D eigenvalue weighted by Gasteiger charge is -2.33. The van der Waals surface area contributed by atoms with Gasteiger partial charge in [-0.2, -0.15) is 0 Å². The van der Waals surface area contributed by atoms with E-state index >= 15 is 0 Å².